The molecule has 0 saturated heterocycles. The molecule has 0 aromatic rings. The van der Waals surface area contributed by atoms with Crippen LogP contribution < -0.4 is 0 Å². The van der Waals surface area contributed by atoms with Crippen LogP contribution >= 0.6 is 0 Å². The summed E-state index contributed by atoms with van der Waals surface area (Å²) in [7, 11) is 0. The second kappa shape index (κ2) is 8.03. The molecule has 0 spiro atoms. The fourth-order valence-electron chi connectivity index (χ4n) is 6.52. The minimum atomic E-state index is -0.787. The molecule has 0 heterocycles. The lowest BCUT2D eigenvalue weighted by Crippen LogP contribution is -2.64. The van der Waals surface area contributed by atoms with Crippen molar-refractivity contribution < 1.29 is 28.6 Å². The minimum Gasteiger partial charge on any atom is -0.466 e. The molecule has 6 heteroatoms. The summed E-state index contributed by atoms with van der Waals surface area (Å²) in [5.41, 5.74) is -1.00. The van der Waals surface area contributed by atoms with Crippen LogP contribution in [0.25, 0.3) is 0 Å². The normalized spacial score (nSPS) is 36.8. The van der Waals surface area contributed by atoms with Crippen molar-refractivity contribution in [3.8, 4) is 0 Å². The molecule has 0 aromatic carbocycles. The van der Waals surface area contributed by atoms with E-state index in [1.807, 2.05) is 6.92 Å². The molecule has 5 atom stereocenters. The summed E-state index contributed by atoms with van der Waals surface area (Å²) in [6.45, 7) is 13.2. The average molecular weight is 397 g/mol. The van der Waals surface area contributed by atoms with E-state index in [1.165, 1.54) is 20.8 Å². The van der Waals surface area contributed by atoms with Gasteiger partial charge in [-0.15, -0.1) is 0 Å². The van der Waals surface area contributed by atoms with Crippen LogP contribution in [0.15, 0.2) is 0 Å². The van der Waals surface area contributed by atoms with Gasteiger partial charge in [0.15, 0.2) is 0 Å². The Kier molecular flexibility index (Phi) is 6.51. The van der Waals surface area contributed by atoms with Crippen LogP contribution in [-0.2, 0) is 28.6 Å². The molecule has 0 unspecified atom stereocenters. The van der Waals surface area contributed by atoms with E-state index in [-0.39, 0.29) is 53.3 Å². The number of esters is 3. The standard InChI is InChI=1S/C22H36O6/c1-14(23)26-12-9-18-21(6)11-8-10-20(4,5)19(21)17(27-15(2)24)13-22(18,7)28-16(3)25/h17-19H,8-13H2,1-7H3/t17-,18+,19+,21+,22+/m0/s1. The molecule has 6 nitrogen and oxygen atoms in total. The predicted molar refractivity (Wildman–Crippen MR) is 104 cm³/mol. The van der Waals surface area contributed by atoms with E-state index >= 15 is 0 Å². The zero-order chi connectivity index (χ0) is 21.3. The van der Waals surface area contributed by atoms with Crippen LogP contribution in [0.3, 0.4) is 0 Å². The van der Waals surface area contributed by atoms with E-state index in [0.717, 1.165) is 19.3 Å². The quantitative estimate of drug-likeness (QED) is 0.515. The molecule has 0 bridgehead atoms. The Bertz CT molecular complexity index is 627. The van der Waals surface area contributed by atoms with E-state index in [0.29, 0.717) is 12.8 Å². The van der Waals surface area contributed by atoms with Crippen molar-refractivity contribution in [3.05, 3.63) is 0 Å². The summed E-state index contributed by atoms with van der Waals surface area (Å²) >= 11 is 0. The number of rotatable bonds is 5. The lowest BCUT2D eigenvalue weighted by molar-refractivity contribution is -0.236. The lowest BCUT2D eigenvalue weighted by atomic mass is 9.44. The third-order valence-electron chi connectivity index (χ3n) is 7.01. The molecular weight excluding hydrogens is 360 g/mol. The Morgan fingerprint density at radius 1 is 0.929 bits per heavy atom. The van der Waals surface area contributed by atoms with Gasteiger partial charge in [0, 0.05) is 39.0 Å². The van der Waals surface area contributed by atoms with Crippen LogP contribution in [0, 0.1) is 22.7 Å². The molecule has 0 N–H and O–H groups in total. The maximum absolute atomic E-state index is 12.0. The van der Waals surface area contributed by atoms with Gasteiger partial charge in [-0.05, 0) is 37.0 Å². The Balaban J connectivity index is 2.49. The monoisotopic (exact) mass is 396 g/mol. The Labute approximate surface area is 168 Å². The van der Waals surface area contributed by atoms with Gasteiger partial charge >= 0.3 is 17.9 Å². The molecule has 0 aliphatic heterocycles. The summed E-state index contributed by atoms with van der Waals surface area (Å²) in [6, 6.07) is 0. The van der Waals surface area contributed by atoms with Crippen LogP contribution in [-0.4, -0.2) is 36.2 Å². The first kappa shape index (κ1) is 22.7. The van der Waals surface area contributed by atoms with Crippen molar-refractivity contribution in [1.29, 1.82) is 0 Å². The first-order valence-electron chi connectivity index (χ1n) is 10.3. The molecule has 2 rings (SSSR count). The van der Waals surface area contributed by atoms with Gasteiger partial charge in [0.25, 0.3) is 0 Å². The molecule has 0 radical (unpaired) electrons. The number of hydrogen-bond acceptors (Lipinski definition) is 6. The molecular formula is C22H36O6. The van der Waals surface area contributed by atoms with Gasteiger partial charge in [0.05, 0.1) is 6.61 Å². The lowest BCUT2D eigenvalue weighted by Gasteiger charge is -2.63. The highest BCUT2D eigenvalue weighted by atomic mass is 16.6. The largest absolute Gasteiger partial charge is 0.466 e. The van der Waals surface area contributed by atoms with Crippen molar-refractivity contribution >= 4 is 17.9 Å². The fourth-order valence-corrected chi connectivity index (χ4v) is 6.52. The Morgan fingerprint density at radius 2 is 1.57 bits per heavy atom. The number of carbonyl (C=O) groups excluding carboxylic acids is 3. The van der Waals surface area contributed by atoms with Crippen LogP contribution in [0.4, 0.5) is 0 Å². The smallest absolute Gasteiger partial charge is 0.303 e. The zero-order valence-corrected chi connectivity index (χ0v) is 18.4. The maximum atomic E-state index is 12.0. The molecule has 2 aliphatic carbocycles. The molecule has 0 aromatic heterocycles. The van der Waals surface area contributed by atoms with Crippen molar-refractivity contribution in [2.45, 2.75) is 92.3 Å². The SMILES string of the molecule is CC(=O)OCC[C@@H]1[C@@]2(C)CCCC(C)(C)[C@H]2[C@@H](OC(C)=O)C[C@@]1(C)OC(C)=O. The van der Waals surface area contributed by atoms with E-state index in [1.54, 1.807) is 0 Å². The molecule has 2 aliphatic rings. The van der Waals surface area contributed by atoms with Crippen LogP contribution in [0.1, 0.15) is 80.6 Å². The maximum Gasteiger partial charge on any atom is 0.303 e. The summed E-state index contributed by atoms with van der Waals surface area (Å²) in [4.78, 5) is 35.1. The summed E-state index contributed by atoms with van der Waals surface area (Å²) in [5.74, 6) is -0.826. The second-order valence-corrected chi connectivity index (χ2v) is 9.77. The van der Waals surface area contributed by atoms with E-state index in [9.17, 15) is 14.4 Å². The van der Waals surface area contributed by atoms with Crippen molar-refractivity contribution in [2.24, 2.45) is 22.7 Å². The van der Waals surface area contributed by atoms with E-state index in [4.69, 9.17) is 14.2 Å². The minimum absolute atomic E-state index is 0.000340. The highest BCUT2D eigenvalue weighted by Crippen LogP contribution is 2.64. The molecule has 0 amide bonds. The predicted octanol–water partition coefficient (Wildman–Crippen LogP) is 4.05. The average Bonchev–Trinajstić information content (AvgIpc) is 2.47. The number of hydrogen-bond donors (Lipinski definition) is 0. The van der Waals surface area contributed by atoms with E-state index in [2.05, 4.69) is 20.8 Å². The van der Waals surface area contributed by atoms with Crippen molar-refractivity contribution in [2.75, 3.05) is 6.61 Å². The van der Waals surface area contributed by atoms with Gasteiger partial charge in [0.1, 0.15) is 11.7 Å². The zero-order valence-electron chi connectivity index (χ0n) is 18.4. The second-order valence-electron chi connectivity index (χ2n) is 9.77. The van der Waals surface area contributed by atoms with Gasteiger partial charge in [-0.1, -0.05) is 27.2 Å². The molecule has 28 heavy (non-hydrogen) atoms. The molecule has 160 valence electrons. The van der Waals surface area contributed by atoms with Crippen LogP contribution in [0.2, 0.25) is 0 Å². The van der Waals surface area contributed by atoms with Crippen molar-refractivity contribution in [3.63, 3.8) is 0 Å². The van der Waals surface area contributed by atoms with Gasteiger partial charge in [-0.25, -0.2) is 0 Å². The van der Waals surface area contributed by atoms with Gasteiger partial charge in [-0.2, -0.15) is 0 Å². The third-order valence-corrected chi connectivity index (χ3v) is 7.01. The van der Waals surface area contributed by atoms with E-state index < -0.39 is 5.60 Å². The van der Waals surface area contributed by atoms with Crippen molar-refractivity contribution in [1.82, 2.24) is 0 Å². The number of carbonyl (C=O) groups is 3. The summed E-state index contributed by atoms with van der Waals surface area (Å²) in [6.07, 6.45) is 3.84. The van der Waals surface area contributed by atoms with Gasteiger partial charge in [-0.3, -0.25) is 14.4 Å². The topological polar surface area (TPSA) is 78.9 Å². The molecule has 2 saturated carbocycles. The fraction of sp³-hybridized carbons (Fsp3) is 0.864. The third kappa shape index (κ3) is 4.52. The van der Waals surface area contributed by atoms with Crippen LogP contribution in [0.5, 0.6) is 0 Å². The summed E-state index contributed by atoms with van der Waals surface area (Å²) in [5, 5.41) is 0. The summed E-state index contributed by atoms with van der Waals surface area (Å²) < 4.78 is 16.9. The number of fused-ring (bicyclic) bond motifs is 1. The Morgan fingerprint density at radius 3 is 2.11 bits per heavy atom. The van der Waals surface area contributed by atoms with Gasteiger partial charge in [0.2, 0.25) is 0 Å². The molecule has 2 fully saturated rings. The Hall–Kier alpha value is -1.59. The first-order valence-corrected chi connectivity index (χ1v) is 10.3. The highest BCUT2D eigenvalue weighted by molar-refractivity contribution is 5.67. The number of ether oxygens (including phenoxy) is 3. The highest BCUT2D eigenvalue weighted by Gasteiger charge is 2.64. The van der Waals surface area contributed by atoms with Gasteiger partial charge < -0.3 is 14.2 Å². The first-order chi connectivity index (χ1) is 12.8.